The predicted octanol–water partition coefficient (Wildman–Crippen LogP) is 2.75. The van der Waals surface area contributed by atoms with Crippen LogP contribution in [0.1, 0.15) is 19.3 Å². The Balaban J connectivity index is 0.00000242. The summed E-state index contributed by atoms with van der Waals surface area (Å²) >= 11 is 1.53. The van der Waals surface area contributed by atoms with Crippen LogP contribution < -0.4 is 5.32 Å². The molecule has 0 atom stereocenters. The highest BCUT2D eigenvalue weighted by molar-refractivity contribution is 8.00. The minimum absolute atomic E-state index is 0. The molecule has 0 saturated carbocycles. The Hall–Kier alpha value is -0.910. The monoisotopic (exact) mass is 344 g/mol. The van der Waals surface area contributed by atoms with Crippen LogP contribution in [-0.4, -0.2) is 48.3 Å². The van der Waals surface area contributed by atoms with Crippen molar-refractivity contribution in [2.75, 3.05) is 32.4 Å². The number of nitrogens with zero attached hydrogens (tertiary/aromatic N) is 1. The van der Waals surface area contributed by atoms with Gasteiger partial charge in [-0.2, -0.15) is 0 Å². The Labute approximate surface area is 143 Å². The number of halogens is 1. The van der Waals surface area contributed by atoms with E-state index in [1.807, 2.05) is 24.1 Å². The molecule has 0 spiro atoms. The molecule has 22 heavy (non-hydrogen) atoms. The lowest BCUT2D eigenvalue weighted by Crippen LogP contribution is -2.39. The fourth-order valence-electron chi connectivity index (χ4n) is 2.60. The topological polar surface area (TPSA) is 52.6 Å². The van der Waals surface area contributed by atoms with Crippen molar-refractivity contribution < 1.29 is 9.90 Å². The molecule has 0 aliphatic carbocycles. The molecule has 1 amide bonds. The number of likely N-dealkylation sites (tertiary alicyclic amines) is 1. The largest absolute Gasteiger partial charge is 0.508 e. The van der Waals surface area contributed by atoms with Crippen LogP contribution in [0.4, 0.5) is 0 Å². The molecule has 0 bridgehead atoms. The lowest BCUT2D eigenvalue weighted by Gasteiger charge is -2.32. The zero-order valence-electron chi connectivity index (χ0n) is 13.0. The molecule has 6 heteroatoms. The number of carbonyl (C=O) groups excluding carboxylic acids is 1. The summed E-state index contributed by atoms with van der Waals surface area (Å²) in [5, 5.41) is 12.4. The van der Waals surface area contributed by atoms with Gasteiger partial charge in [-0.25, -0.2) is 0 Å². The number of carbonyl (C=O) groups is 1. The summed E-state index contributed by atoms with van der Waals surface area (Å²) in [6.07, 6.45) is 3.45. The molecule has 2 N–H and O–H groups in total. The second-order valence-corrected chi connectivity index (χ2v) is 6.55. The zero-order valence-corrected chi connectivity index (χ0v) is 14.6. The van der Waals surface area contributed by atoms with Crippen molar-refractivity contribution in [1.82, 2.24) is 10.2 Å². The summed E-state index contributed by atoms with van der Waals surface area (Å²) in [5.41, 5.74) is 0. The first kappa shape index (κ1) is 19.1. The molecule has 124 valence electrons. The Morgan fingerprint density at radius 3 is 2.55 bits per heavy atom. The van der Waals surface area contributed by atoms with Crippen LogP contribution in [0, 0.1) is 5.92 Å². The van der Waals surface area contributed by atoms with Gasteiger partial charge in [0, 0.05) is 18.0 Å². The number of rotatable bonds is 6. The average Bonchev–Trinajstić information content (AvgIpc) is 2.52. The molecule has 1 aromatic rings. The van der Waals surface area contributed by atoms with E-state index in [9.17, 15) is 9.90 Å². The van der Waals surface area contributed by atoms with Crippen LogP contribution in [0.25, 0.3) is 0 Å². The molecule has 2 rings (SSSR count). The van der Waals surface area contributed by atoms with Gasteiger partial charge < -0.3 is 15.3 Å². The van der Waals surface area contributed by atoms with Crippen LogP contribution >= 0.6 is 24.2 Å². The van der Waals surface area contributed by atoms with Crippen molar-refractivity contribution in [2.45, 2.75) is 24.2 Å². The van der Waals surface area contributed by atoms with Crippen LogP contribution in [0.15, 0.2) is 29.2 Å². The smallest absolute Gasteiger partial charge is 0.232 e. The molecular formula is C16H25ClN2O2S. The summed E-state index contributed by atoms with van der Waals surface area (Å²) in [5.74, 6) is 1.71. The third kappa shape index (κ3) is 6.07. The van der Waals surface area contributed by atoms with E-state index in [-0.39, 0.29) is 24.1 Å². The molecule has 0 radical (unpaired) electrons. The van der Waals surface area contributed by atoms with E-state index in [1.54, 1.807) is 12.1 Å². The number of thioether (sulfide) groups is 1. The number of phenolic OH excluding ortho intramolecular Hbond substituents is 1. The van der Waals surface area contributed by atoms with E-state index in [0.717, 1.165) is 43.3 Å². The highest BCUT2D eigenvalue weighted by Gasteiger charge is 2.22. The van der Waals surface area contributed by atoms with Gasteiger partial charge in [-0.3, -0.25) is 4.79 Å². The van der Waals surface area contributed by atoms with Gasteiger partial charge in [-0.1, -0.05) is 0 Å². The Morgan fingerprint density at radius 1 is 1.32 bits per heavy atom. The Bertz CT molecular complexity index is 448. The van der Waals surface area contributed by atoms with Crippen molar-refractivity contribution in [3.8, 4) is 5.75 Å². The van der Waals surface area contributed by atoms with Crippen LogP contribution in [-0.2, 0) is 4.79 Å². The fraction of sp³-hybridized carbons (Fsp3) is 0.562. The van der Waals surface area contributed by atoms with Gasteiger partial charge in [0.15, 0.2) is 0 Å². The van der Waals surface area contributed by atoms with Gasteiger partial charge in [0.05, 0.1) is 5.75 Å². The molecule has 1 aliphatic rings. The number of nitrogens with one attached hydrogen (secondary N) is 1. The molecule has 1 saturated heterocycles. The predicted molar refractivity (Wildman–Crippen MR) is 93.9 cm³/mol. The van der Waals surface area contributed by atoms with Crippen molar-refractivity contribution in [2.24, 2.45) is 5.92 Å². The van der Waals surface area contributed by atoms with Gasteiger partial charge in [-0.15, -0.1) is 24.2 Å². The Kier molecular flexibility index (Phi) is 8.68. The normalized spacial score (nSPS) is 15.4. The molecule has 1 aliphatic heterocycles. The first-order valence-electron chi connectivity index (χ1n) is 7.53. The highest BCUT2D eigenvalue weighted by Crippen LogP contribution is 2.23. The van der Waals surface area contributed by atoms with E-state index in [2.05, 4.69) is 5.32 Å². The van der Waals surface area contributed by atoms with Crippen LogP contribution in [0.2, 0.25) is 0 Å². The molecule has 1 fully saturated rings. The second-order valence-electron chi connectivity index (χ2n) is 5.50. The first-order chi connectivity index (χ1) is 10.2. The molecule has 0 unspecified atom stereocenters. The highest BCUT2D eigenvalue weighted by atomic mass is 35.5. The number of phenols is 1. The average molecular weight is 345 g/mol. The van der Waals surface area contributed by atoms with Gasteiger partial charge in [0.25, 0.3) is 0 Å². The minimum Gasteiger partial charge on any atom is -0.508 e. The van der Waals surface area contributed by atoms with Gasteiger partial charge in [0.2, 0.25) is 5.91 Å². The summed E-state index contributed by atoms with van der Waals surface area (Å²) in [4.78, 5) is 15.2. The van der Waals surface area contributed by atoms with E-state index >= 15 is 0 Å². The van der Waals surface area contributed by atoms with Crippen LogP contribution in [0.5, 0.6) is 5.75 Å². The maximum Gasteiger partial charge on any atom is 0.232 e. The van der Waals surface area contributed by atoms with E-state index in [4.69, 9.17) is 0 Å². The Morgan fingerprint density at radius 2 is 1.95 bits per heavy atom. The summed E-state index contributed by atoms with van der Waals surface area (Å²) < 4.78 is 0. The lowest BCUT2D eigenvalue weighted by molar-refractivity contribution is -0.129. The van der Waals surface area contributed by atoms with E-state index in [0.29, 0.717) is 5.75 Å². The number of amides is 1. The maximum atomic E-state index is 12.2. The van der Waals surface area contributed by atoms with Crippen molar-refractivity contribution in [3.63, 3.8) is 0 Å². The summed E-state index contributed by atoms with van der Waals surface area (Å²) in [6, 6.07) is 6.99. The van der Waals surface area contributed by atoms with Crippen molar-refractivity contribution >= 4 is 30.1 Å². The van der Waals surface area contributed by atoms with Gasteiger partial charge in [0.1, 0.15) is 5.75 Å². The quantitative estimate of drug-likeness (QED) is 0.779. The first-order valence-corrected chi connectivity index (χ1v) is 8.52. The molecule has 1 heterocycles. The number of benzene rings is 1. The minimum atomic E-state index is 0. The SMILES string of the molecule is CNCCC1CCN(C(=O)CSc2ccc(O)cc2)CC1.Cl. The van der Waals surface area contributed by atoms with Crippen LogP contribution in [0.3, 0.4) is 0 Å². The summed E-state index contributed by atoms with van der Waals surface area (Å²) in [6.45, 7) is 2.85. The zero-order chi connectivity index (χ0) is 15.1. The molecular weight excluding hydrogens is 320 g/mol. The molecule has 4 nitrogen and oxygen atoms in total. The fourth-order valence-corrected chi connectivity index (χ4v) is 3.40. The standard InChI is InChI=1S/C16H24N2O2S.ClH/c1-17-9-6-13-7-10-18(11-8-13)16(20)12-21-15-4-2-14(19)3-5-15;/h2-5,13,17,19H,6-12H2,1H3;1H. The number of aromatic hydroxyl groups is 1. The third-order valence-corrected chi connectivity index (χ3v) is 4.97. The van der Waals surface area contributed by atoms with Gasteiger partial charge >= 0.3 is 0 Å². The number of hydrogen-bond acceptors (Lipinski definition) is 4. The lowest BCUT2D eigenvalue weighted by atomic mass is 9.93. The summed E-state index contributed by atoms with van der Waals surface area (Å²) in [7, 11) is 1.99. The second kappa shape index (κ2) is 9.98. The van der Waals surface area contributed by atoms with E-state index in [1.165, 1.54) is 18.2 Å². The van der Waals surface area contributed by atoms with Crippen molar-refractivity contribution in [3.05, 3.63) is 24.3 Å². The number of hydrogen-bond donors (Lipinski definition) is 2. The van der Waals surface area contributed by atoms with E-state index < -0.39 is 0 Å². The number of piperidine rings is 1. The maximum absolute atomic E-state index is 12.2. The third-order valence-electron chi connectivity index (χ3n) is 3.97. The molecule has 0 aromatic heterocycles. The molecule has 1 aromatic carbocycles. The van der Waals surface area contributed by atoms with Crippen molar-refractivity contribution in [1.29, 1.82) is 0 Å². The van der Waals surface area contributed by atoms with Gasteiger partial charge in [-0.05, 0) is 63.0 Å².